The van der Waals surface area contributed by atoms with E-state index in [-0.39, 0.29) is 0 Å². The third kappa shape index (κ3) is 4.49. The lowest BCUT2D eigenvalue weighted by Crippen LogP contribution is -2.30. The van der Waals surface area contributed by atoms with Gasteiger partial charge in [-0.3, -0.25) is 0 Å². The summed E-state index contributed by atoms with van der Waals surface area (Å²) in [6.45, 7) is 2.91. The smallest absolute Gasteiger partial charge is 0.130 e. The third-order valence-corrected chi connectivity index (χ3v) is 3.98. The maximum atomic E-state index is 5.45. The van der Waals surface area contributed by atoms with Gasteiger partial charge in [0.1, 0.15) is 17.2 Å². The second kappa shape index (κ2) is 8.97. The summed E-state index contributed by atoms with van der Waals surface area (Å²) in [7, 11) is 4.96. The topological polar surface area (TPSA) is 39.7 Å². The van der Waals surface area contributed by atoms with Gasteiger partial charge in [0.15, 0.2) is 0 Å². The Kier molecular flexibility index (Phi) is 7.62. The molecular formula is C15H25NO3S. The van der Waals surface area contributed by atoms with Gasteiger partial charge in [0.25, 0.3) is 0 Å². The highest BCUT2D eigenvalue weighted by Crippen LogP contribution is 2.34. The van der Waals surface area contributed by atoms with Crippen LogP contribution in [0.2, 0.25) is 0 Å². The summed E-state index contributed by atoms with van der Waals surface area (Å²) < 4.78 is 16.2. The van der Waals surface area contributed by atoms with Crippen molar-refractivity contribution in [1.82, 2.24) is 5.32 Å². The summed E-state index contributed by atoms with van der Waals surface area (Å²) >= 11 is 1.85. The van der Waals surface area contributed by atoms with Crippen molar-refractivity contribution in [2.75, 3.05) is 33.3 Å². The average Bonchev–Trinajstić information content (AvgIpc) is 2.50. The number of benzene rings is 1. The molecule has 0 fully saturated rings. The van der Waals surface area contributed by atoms with E-state index >= 15 is 0 Å². The molecule has 0 saturated heterocycles. The van der Waals surface area contributed by atoms with Crippen LogP contribution in [0.1, 0.15) is 18.9 Å². The highest BCUT2D eigenvalue weighted by atomic mass is 32.2. The number of methoxy groups -OCH3 is 3. The molecule has 1 atom stereocenters. The first-order chi connectivity index (χ1) is 9.69. The van der Waals surface area contributed by atoms with E-state index in [9.17, 15) is 0 Å². The van der Waals surface area contributed by atoms with Crippen LogP contribution in [-0.4, -0.2) is 39.4 Å². The Bertz CT molecular complexity index is 387. The summed E-state index contributed by atoms with van der Waals surface area (Å²) in [5.74, 6) is 3.40. The Morgan fingerprint density at radius 2 is 1.70 bits per heavy atom. The van der Waals surface area contributed by atoms with Crippen LogP contribution in [0.5, 0.6) is 17.2 Å². The Balaban J connectivity index is 2.91. The lowest BCUT2D eigenvalue weighted by atomic mass is 10.1. The van der Waals surface area contributed by atoms with Gasteiger partial charge in [-0.2, -0.15) is 11.8 Å². The largest absolute Gasteiger partial charge is 0.496 e. The fourth-order valence-electron chi connectivity index (χ4n) is 2.02. The molecule has 0 spiro atoms. The number of hydrogen-bond acceptors (Lipinski definition) is 5. The molecule has 20 heavy (non-hydrogen) atoms. The zero-order valence-electron chi connectivity index (χ0n) is 13.0. The lowest BCUT2D eigenvalue weighted by molar-refractivity contribution is 0.364. The van der Waals surface area contributed by atoms with E-state index in [2.05, 4.69) is 18.5 Å². The second-order valence-corrected chi connectivity index (χ2v) is 5.36. The fourth-order valence-corrected chi connectivity index (χ4v) is 2.78. The van der Waals surface area contributed by atoms with E-state index in [1.54, 1.807) is 21.3 Å². The normalized spacial score (nSPS) is 12.1. The maximum absolute atomic E-state index is 5.45. The number of ether oxygens (including phenoxy) is 3. The minimum atomic E-state index is 0.488. The first-order valence-corrected chi connectivity index (χ1v) is 8.10. The molecule has 1 aromatic carbocycles. The van der Waals surface area contributed by atoms with Gasteiger partial charge in [-0.05, 0) is 12.7 Å². The summed E-state index contributed by atoms with van der Waals surface area (Å²) in [5.41, 5.74) is 1.02. The molecule has 0 amide bonds. The number of thioether (sulfide) groups is 1. The summed E-state index contributed by atoms with van der Waals surface area (Å²) in [6.07, 6.45) is 3.22. The van der Waals surface area contributed by atoms with Gasteiger partial charge in [-0.1, -0.05) is 6.92 Å². The van der Waals surface area contributed by atoms with Crippen molar-refractivity contribution >= 4 is 11.8 Å². The minimum absolute atomic E-state index is 0.488. The Labute approximate surface area is 126 Å². The molecular weight excluding hydrogens is 274 g/mol. The lowest BCUT2D eigenvalue weighted by Gasteiger charge is -2.19. The SMILES string of the molecule is CCC(CSC)NCc1c(OC)cc(OC)cc1OC. The molecule has 5 heteroatoms. The molecule has 1 N–H and O–H groups in total. The molecule has 114 valence electrons. The van der Waals surface area contributed by atoms with Crippen LogP contribution in [0.25, 0.3) is 0 Å². The minimum Gasteiger partial charge on any atom is -0.496 e. The highest BCUT2D eigenvalue weighted by molar-refractivity contribution is 7.98. The first kappa shape index (κ1) is 17.0. The van der Waals surface area contributed by atoms with Crippen LogP contribution < -0.4 is 19.5 Å². The molecule has 0 aliphatic heterocycles. The Hall–Kier alpha value is -1.07. The van der Waals surface area contributed by atoms with Crippen molar-refractivity contribution in [3.8, 4) is 17.2 Å². The fraction of sp³-hybridized carbons (Fsp3) is 0.600. The van der Waals surface area contributed by atoms with Crippen molar-refractivity contribution in [3.05, 3.63) is 17.7 Å². The van der Waals surface area contributed by atoms with E-state index in [4.69, 9.17) is 14.2 Å². The molecule has 0 saturated carbocycles. The predicted octanol–water partition coefficient (Wildman–Crippen LogP) is 2.94. The molecule has 4 nitrogen and oxygen atoms in total. The monoisotopic (exact) mass is 299 g/mol. The Morgan fingerprint density at radius 3 is 2.10 bits per heavy atom. The standard InChI is InChI=1S/C15H25NO3S/c1-6-11(10-20-5)16-9-13-14(18-3)7-12(17-2)8-15(13)19-4/h7-8,11,16H,6,9-10H2,1-5H3. The van der Waals surface area contributed by atoms with Gasteiger partial charge in [0, 0.05) is 30.5 Å². The van der Waals surface area contributed by atoms with E-state index in [1.165, 1.54) is 0 Å². The molecule has 0 radical (unpaired) electrons. The summed E-state index contributed by atoms with van der Waals surface area (Å²) in [5, 5.41) is 3.55. The van der Waals surface area contributed by atoms with Gasteiger partial charge in [0.2, 0.25) is 0 Å². The van der Waals surface area contributed by atoms with E-state index in [1.807, 2.05) is 23.9 Å². The van der Waals surface area contributed by atoms with Crippen LogP contribution >= 0.6 is 11.8 Å². The third-order valence-electron chi connectivity index (χ3n) is 3.25. The van der Waals surface area contributed by atoms with Gasteiger partial charge in [0.05, 0.1) is 26.9 Å². The van der Waals surface area contributed by atoms with Crippen molar-refractivity contribution in [2.45, 2.75) is 25.9 Å². The molecule has 1 aromatic rings. The van der Waals surface area contributed by atoms with E-state index in [0.29, 0.717) is 6.04 Å². The van der Waals surface area contributed by atoms with Crippen molar-refractivity contribution in [2.24, 2.45) is 0 Å². The highest BCUT2D eigenvalue weighted by Gasteiger charge is 2.14. The first-order valence-electron chi connectivity index (χ1n) is 6.71. The summed E-state index contributed by atoms with van der Waals surface area (Å²) in [6, 6.07) is 4.26. The second-order valence-electron chi connectivity index (χ2n) is 4.45. The molecule has 0 aliphatic carbocycles. The van der Waals surface area contributed by atoms with Crippen LogP contribution in [0.15, 0.2) is 12.1 Å². The Morgan fingerprint density at radius 1 is 1.10 bits per heavy atom. The van der Waals surface area contributed by atoms with Gasteiger partial charge < -0.3 is 19.5 Å². The van der Waals surface area contributed by atoms with Gasteiger partial charge >= 0.3 is 0 Å². The predicted molar refractivity (Wildman–Crippen MR) is 85.4 cm³/mol. The van der Waals surface area contributed by atoms with Crippen LogP contribution in [0.4, 0.5) is 0 Å². The van der Waals surface area contributed by atoms with Crippen molar-refractivity contribution in [1.29, 1.82) is 0 Å². The van der Waals surface area contributed by atoms with Crippen LogP contribution in [0.3, 0.4) is 0 Å². The maximum Gasteiger partial charge on any atom is 0.130 e. The van der Waals surface area contributed by atoms with E-state index in [0.717, 1.165) is 41.5 Å². The molecule has 0 heterocycles. The van der Waals surface area contributed by atoms with E-state index < -0.39 is 0 Å². The molecule has 0 aromatic heterocycles. The average molecular weight is 299 g/mol. The number of rotatable bonds is 9. The van der Waals surface area contributed by atoms with Crippen molar-refractivity contribution in [3.63, 3.8) is 0 Å². The van der Waals surface area contributed by atoms with Crippen LogP contribution in [0, 0.1) is 0 Å². The quantitative estimate of drug-likeness (QED) is 0.759. The van der Waals surface area contributed by atoms with Crippen LogP contribution in [-0.2, 0) is 6.54 Å². The number of nitrogens with one attached hydrogen (secondary N) is 1. The van der Waals surface area contributed by atoms with Crippen molar-refractivity contribution < 1.29 is 14.2 Å². The molecule has 0 bridgehead atoms. The molecule has 1 rings (SSSR count). The zero-order valence-corrected chi connectivity index (χ0v) is 13.8. The molecule has 1 unspecified atom stereocenters. The summed E-state index contributed by atoms with van der Waals surface area (Å²) in [4.78, 5) is 0. The zero-order chi connectivity index (χ0) is 15.0. The molecule has 0 aliphatic rings. The van der Waals surface area contributed by atoms with Gasteiger partial charge in [-0.25, -0.2) is 0 Å². The number of hydrogen-bond donors (Lipinski definition) is 1. The van der Waals surface area contributed by atoms with Gasteiger partial charge in [-0.15, -0.1) is 0 Å².